The van der Waals surface area contributed by atoms with Crippen LogP contribution in [0.1, 0.15) is 16.1 Å². The molecular weight excluding hydrogens is 356 g/mol. The Balaban J connectivity index is 2.00. The van der Waals surface area contributed by atoms with Gasteiger partial charge in [-0.3, -0.25) is 9.63 Å². The molecular formula is C17H15ClN6O2. The van der Waals surface area contributed by atoms with Crippen molar-refractivity contribution in [3.05, 3.63) is 53.2 Å². The minimum Gasteiger partial charge on any atom is -0.306 e. The molecule has 9 heteroatoms. The van der Waals surface area contributed by atoms with Gasteiger partial charge in [0.25, 0.3) is 5.91 Å². The lowest BCUT2D eigenvalue weighted by atomic mass is 10.1. The number of hydrogen-bond donors (Lipinski definition) is 0. The van der Waals surface area contributed by atoms with Crippen LogP contribution >= 0.6 is 11.6 Å². The molecule has 4 aromatic rings. The number of amides is 1. The summed E-state index contributed by atoms with van der Waals surface area (Å²) in [6, 6.07) is 3.72. The monoisotopic (exact) mass is 370 g/mol. The van der Waals surface area contributed by atoms with E-state index in [1.807, 2.05) is 28.9 Å². The number of aryl methyl sites for hydroxylation is 1. The van der Waals surface area contributed by atoms with Gasteiger partial charge in [0.15, 0.2) is 5.65 Å². The number of carbonyl (C=O) groups is 1. The topological polar surface area (TPSA) is 77.0 Å². The number of fused-ring (bicyclic) bond motifs is 2. The van der Waals surface area contributed by atoms with Crippen molar-refractivity contribution in [3.63, 3.8) is 0 Å². The van der Waals surface area contributed by atoms with Gasteiger partial charge in [0.1, 0.15) is 10.7 Å². The molecule has 0 bridgehead atoms. The fourth-order valence-corrected chi connectivity index (χ4v) is 2.91. The summed E-state index contributed by atoms with van der Waals surface area (Å²) >= 11 is 6.32. The number of imidazole rings is 1. The average Bonchev–Trinajstić information content (AvgIpc) is 3.23. The molecule has 0 aliphatic heterocycles. The van der Waals surface area contributed by atoms with Crippen LogP contribution in [0.15, 0.2) is 36.9 Å². The number of aromatic nitrogens is 5. The molecule has 0 radical (unpaired) electrons. The third-order valence-corrected chi connectivity index (χ3v) is 4.61. The molecule has 0 aromatic carbocycles. The van der Waals surface area contributed by atoms with E-state index in [9.17, 15) is 4.79 Å². The maximum absolute atomic E-state index is 12.8. The minimum atomic E-state index is -0.341. The summed E-state index contributed by atoms with van der Waals surface area (Å²) in [6.45, 7) is 1.79. The smallest absolute Gasteiger partial charge is 0.280 e. The Hall–Kier alpha value is -2.97. The lowest BCUT2D eigenvalue weighted by Crippen LogP contribution is -2.26. The van der Waals surface area contributed by atoms with E-state index >= 15 is 0 Å². The van der Waals surface area contributed by atoms with Gasteiger partial charge < -0.3 is 4.40 Å². The van der Waals surface area contributed by atoms with Crippen molar-refractivity contribution in [1.29, 1.82) is 0 Å². The average molecular weight is 371 g/mol. The Morgan fingerprint density at radius 3 is 2.88 bits per heavy atom. The van der Waals surface area contributed by atoms with E-state index < -0.39 is 0 Å². The van der Waals surface area contributed by atoms with Crippen molar-refractivity contribution in [2.24, 2.45) is 0 Å². The number of hydroxylamine groups is 2. The molecule has 0 N–H and O–H groups in total. The summed E-state index contributed by atoms with van der Waals surface area (Å²) in [6.07, 6.45) is 7.02. The van der Waals surface area contributed by atoms with E-state index in [1.165, 1.54) is 18.7 Å². The summed E-state index contributed by atoms with van der Waals surface area (Å²) in [5.74, 6) is -0.341. The first-order valence-corrected chi connectivity index (χ1v) is 8.18. The Labute approximate surface area is 153 Å². The van der Waals surface area contributed by atoms with Gasteiger partial charge in [-0.2, -0.15) is 5.10 Å². The Morgan fingerprint density at radius 1 is 1.31 bits per heavy atom. The summed E-state index contributed by atoms with van der Waals surface area (Å²) < 4.78 is 3.37. The van der Waals surface area contributed by atoms with Gasteiger partial charge in [0, 0.05) is 37.4 Å². The highest BCUT2D eigenvalue weighted by atomic mass is 35.5. The predicted molar refractivity (Wildman–Crippen MR) is 96.0 cm³/mol. The van der Waals surface area contributed by atoms with Gasteiger partial charge in [0.05, 0.1) is 24.1 Å². The van der Waals surface area contributed by atoms with Gasteiger partial charge in [-0.15, -0.1) is 0 Å². The lowest BCUT2D eigenvalue weighted by molar-refractivity contribution is -0.0757. The first-order chi connectivity index (χ1) is 12.5. The largest absolute Gasteiger partial charge is 0.306 e. The molecule has 4 heterocycles. The van der Waals surface area contributed by atoms with Crippen LogP contribution < -0.4 is 0 Å². The number of hydrogen-bond acceptors (Lipinski definition) is 5. The van der Waals surface area contributed by atoms with Crippen LogP contribution in [0.4, 0.5) is 0 Å². The highest BCUT2D eigenvalue weighted by molar-refractivity contribution is 6.34. The number of carbonyl (C=O) groups excluding carboxylic acids is 1. The first-order valence-electron chi connectivity index (χ1n) is 7.80. The summed E-state index contributed by atoms with van der Waals surface area (Å²) in [7, 11) is 2.96. The number of halogens is 1. The van der Waals surface area contributed by atoms with Gasteiger partial charge >= 0.3 is 0 Å². The molecule has 0 spiro atoms. The van der Waals surface area contributed by atoms with Crippen LogP contribution in [-0.2, 0) is 4.84 Å². The second kappa shape index (κ2) is 6.08. The van der Waals surface area contributed by atoms with Gasteiger partial charge in [-0.1, -0.05) is 11.6 Å². The molecule has 0 saturated carbocycles. The van der Waals surface area contributed by atoms with Crippen molar-refractivity contribution < 1.29 is 9.63 Å². The summed E-state index contributed by atoms with van der Waals surface area (Å²) in [4.78, 5) is 26.7. The van der Waals surface area contributed by atoms with Crippen LogP contribution in [-0.4, -0.2) is 49.1 Å². The molecule has 8 nitrogen and oxygen atoms in total. The Kier molecular flexibility index (Phi) is 3.86. The first kappa shape index (κ1) is 16.5. The molecule has 132 valence electrons. The molecule has 0 fully saturated rings. The quantitative estimate of drug-likeness (QED) is 0.518. The van der Waals surface area contributed by atoms with Crippen molar-refractivity contribution in [2.45, 2.75) is 6.92 Å². The SMILES string of the molecule is CON(C)C(=O)c1cn2nc(C)c(Cl)c2nc1-c1ccc2nccn2c1. The molecule has 0 atom stereocenters. The third-order valence-electron chi connectivity index (χ3n) is 4.17. The van der Waals surface area contributed by atoms with E-state index in [4.69, 9.17) is 16.4 Å². The van der Waals surface area contributed by atoms with E-state index in [1.54, 1.807) is 19.3 Å². The number of nitrogens with zero attached hydrogens (tertiary/aromatic N) is 6. The van der Waals surface area contributed by atoms with Crippen molar-refractivity contribution in [2.75, 3.05) is 14.2 Å². The van der Waals surface area contributed by atoms with E-state index in [0.29, 0.717) is 27.6 Å². The van der Waals surface area contributed by atoms with Crippen LogP contribution in [0.5, 0.6) is 0 Å². The summed E-state index contributed by atoms with van der Waals surface area (Å²) in [5, 5.41) is 5.90. The zero-order chi connectivity index (χ0) is 18.4. The standard InChI is InChI=1S/C17H15ClN6O2/c1-10-14(18)16-20-15(11-4-5-13-19-6-7-23(13)8-11)12(9-24(16)21-10)17(25)22(2)26-3/h4-9H,1-3H3. The molecule has 0 saturated heterocycles. The Morgan fingerprint density at radius 2 is 2.12 bits per heavy atom. The van der Waals surface area contributed by atoms with Gasteiger partial charge in [0.2, 0.25) is 0 Å². The van der Waals surface area contributed by atoms with Crippen LogP contribution in [0.3, 0.4) is 0 Å². The number of pyridine rings is 1. The third kappa shape index (κ3) is 2.51. The molecule has 26 heavy (non-hydrogen) atoms. The zero-order valence-electron chi connectivity index (χ0n) is 14.3. The molecule has 0 aliphatic carbocycles. The second-order valence-corrected chi connectivity index (χ2v) is 6.14. The van der Waals surface area contributed by atoms with E-state index in [0.717, 1.165) is 16.3 Å². The molecule has 4 rings (SSSR count). The van der Waals surface area contributed by atoms with Gasteiger partial charge in [-0.25, -0.2) is 19.5 Å². The number of rotatable bonds is 3. The fraction of sp³-hybridized carbons (Fsp3) is 0.176. The molecule has 1 amide bonds. The van der Waals surface area contributed by atoms with E-state index in [2.05, 4.69) is 15.1 Å². The zero-order valence-corrected chi connectivity index (χ0v) is 15.1. The maximum Gasteiger partial charge on any atom is 0.280 e. The van der Waals surface area contributed by atoms with Crippen LogP contribution in [0.2, 0.25) is 5.02 Å². The maximum atomic E-state index is 12.8. The minimum absolute atomic E-state index is 0.341. The predicted octanol–water partition coefficient (Wildman–Crippen LogP) is 2.64. The van der Waals surface area contributed by atoms with E-state index in [-0.39, 0.29) is 5.91 Å². The normalized spacial score (nSPS) is 11.4. The lowest BCUT2D eigenvalue weighted by Gasteiger charge is -2.16. The highest BCUT2D eigenvalue weighted by Crippen LogP contribution is 2.27. The van der Waals surface area contributed by atoms with Crippen LogP contribution in [0, 0.1) is 6.92 Å². The highest BCUT2D eigenvalue weighted by Gasteiger charge is 2.22. The Bertz CT molecular complexity index is 1150. The summed E-state index contributed by atoms with van der Waals surface area (Å²) in [5.41, 5.74) is 3.52. The van der Waals surface area contributed by atoms with Crippen molar-refractivity contribution in [1.82, 2.24) is 29.0 Å². The molecule has 0 aliphatic rings. The van der Waals surface area contributed by atoms with Crippen molar-refractivity contribution >= 4 is 28.8 Å². The molecule has 0 unspecified atom stereocenters. The van der Waals surface area contributed by atoms with Crippen LogP contribution in [0.25, 0.3) is 22.6 Å². The van der Waals surface area contributed by atoms with Gasteiger partial charge in [-0.05, 0) is 19.1 Å². The molecule has 4 aromatic heterocycles. The second-order valence-electron chi connectivity index (χ2n) is 5.77. The fourth-order valence-electron chi connectivity index (χ4n) is 2.74. The van der Waals surface area contributed by atoms with Crippen molar-refractivity contribution in [3.8, 4) is 11.3 Å².